The number of rotatable bonds is 0. The highest BCUT2D eigenvalue weighted by Gasteiger charge is 2.01. The van der Waals surface area contributed by atoms with E-state index in [1.54, 1.807) is 6.92 Å². The summed E-state index contributed by atoms with van der Waals surface area (Å²) in [5.41, 5.74) is 6.60. The zero-order valence-electron chi connectivity index (χ0n) is 7.78. The van der Waals surface area contributed by atoms with Crippen molar-refractivity contribution in [3.8, 4) is 11.8 Å². The fraction of sp³-hybridized carbons (Fsp3) is 0.0909. The molecular weight excluding hydrogens is 174 g/mol. The molecule has 2 N–H and O–H groups in total. The normalized spacial score (nSPS) is 9.50. The molecule has 0 saturated carbocycles. The first kappa shape index (κ1) is 8.52. The molecule has 0 bridgehead atoms. The smallest absolute Gasteiger partial charge is 0.207 e. The van der Waals surface area contributed by atoms with Gasteiger partial charge in [-0.2, -0.15) is 0 Å². The van der Waals surface area contributed by atoms with E-state index >= 15 is 0 Å². The van der Waals surface area contributed by atoms with E-state index in [9.17, 15) is 0 Å². The Morgan fingerprint density at radius 3 is 2.79 bits per heavy atom. The third-order valence-corrected chi connectivity index (χ3v) is 1.87. The summed E-state index contributed by atoms with van der Waals surface area (Å²) in [5, 5.41) is 0.870. The van der Waals surface area contributed by atoms with Crippen molar-refractivity contribution in [3.63, 3.8) is 0 Å². The lowest BCUT2D eigenvalue weighted by molar-refractivity contribution is 1.18. The van der Waals surface area contributed by atoms with Gasteiger partial charge in [-0.3, -0.25) is 0 Å². The van der Waals surface area contributed by atoms with E-state index in [-0.39, 0.29) is 0 Å². The lowest BCUT2D eigenvalue weighted by atomic mass is 10.2. The van der Waals surface area contributed by atoms with Gasteiger partial charge in [0.1, 0.15) is 5.82 Å². The number of para-hydroxylation sites is 1. The molecule has 3 nitrogen and oxygen atoms in total. The molecule has 0 radical (unpaired) electrons. The Hall–Kier alpha value is -2.08. The molecule has 0 amide bonds. The van der Waals surface area contributed by atoms with Gasteiger partial charge in [-0.15, -0.1) is 0 Å². The summed E-state index contributed by atoms with van der Waals surface area (Å²) in [6.45, 7) is 1.74. The second-order valence-corrected chi connectivity index (χ2v) is 2.82. The molecule has 2 rings (SSSR count). The monoisotopic (exact) mass is 183 g/mol. The second-order valence-electron chi connectivity index (χ2n) is 2.82. The lowest BCUT2D eigenvalue weighted by Gasteiger charge is -2.00. The number of fused-ring (bicyclic) bond motifs is 1. The van der Waals surface area contributed by atoms with Gasteiger partial charge in [0.15, 0.2) is 0 Å². The van der Waals surface area contributed by atoms with Gasteiger partial charge in [0.05, 0.1) is 5.52 Å². The molecule has 1 heterocycles. The summed E-state index contributed by atoms with van der Waals surface area (Å²) in [6.07, 6.45) is 0. The molecule has 1 aromatic heterocycles. The Morgan fingerprint density at radius 2 is 2.00 bits per heavy atom. The van der Waals surface area contributed by atoms with E-state index in [0.717, 1.165) is 10.9 Å². The van der Waals surface area contributed by atoms with Crippen molar-refractivity contribution in [1.29, 1.82) is 0 Å². The summed E-state index contributed by atoms with van der Waals surface area (Å²) in [7, 11) is 0. The van der Waals surface area contributed by atoms with Crippen LogP contribution in [0.4, 0.5) is 5.82 Å². The summed E-state index contributed by atoms with van der Waals surface area (Å²) < 4.78 is 0. The lowest BCUT2D eigenvalue weighted by Crippen LogP contribution is -1.97. The molecule has 0 atom stereocenters. The quantitative estimate of drug-likeness (QED) is 0.631. The van der Waals surface area contributed by atoms with E-state index in [1.807, 2.05) is 24.3 Å². The highest BCUT2D eigenvalue weighted by atomic mass is 14.9. The van der Waals surface area contributed by atoms with Crippen molar-refractivity contribution < 1.29 is 0 Å². The second kappa shape index (κ2) is 3.35. The molecule has 0 fully saturated rings. The Kier molecular flexibility index (Phi) is 2.04. The standard InChI is InChI=1S/C11H9N3/c1-2-5-10-13-9-7-4-3-6-8(9)11(12)14-10/h3-4,6-7H,1H3,(H2,12,13,14). The molecule has 14 heavy (non-hydrogen) atoms. The van der Waals surface area contributed by atoms with Crippen LogP contribution in [0.3, 0.4) is 0 Å². The maximum absolute atomic E-state index is 5.77. The first-order valence-electron chi connectivity index (χ1n) is 4.26. The van der Waals surface area contributed by atoms with Gasteiger partial charge in [0.2, 0.25) is 5.82 Å². The minimum Gasteiger partial charge on any atom is -0.383 e. The summed E-state index contributed by atoms with van der Waals surface area (Å²) >= 11 is 0. The fourth-order valence-corrected chi connectivity index (χ4v) is 1.27. The SMILES string of the molecule is CC#Cc1nc(N)c2ccccc2n1. The van der Waals surface area contributed by atoms with Crippen LogP contribution in [-0.2, 0) is 0 Å². The van der Waals surface area contributed by atoms with E-state index < -0.39 is 0 Å². The van der Waals surface area contributed by atoms with Crippen LogP contribution >= 0.6 is 0 Å². The molecular formula is C11H9N3. The fourth-order valence-electron chi connectivity index (χ4n) is 1.27. The molecule has 0 aliphatic heterocycles. The van der Waals surface area contributed by atoms with E-state index in [1.165, 1.54) is 0 Å². The van der Waals surface area contributed by atoms with Crippen LogP contribution in [0.5, 0.6) is 0 Å². The first-order chi connectivity index (χ1) is 6.81. The van der Waals surface area contributed by atoms with Crippen molar-refractivity contribution in [2.45, 2.75) is 6.92 Å². The summed E-state index contributed by atoms with van der Waals surface area (Å²) in [4.78, 5) is 8.35. The third kappa shape index (κ3) is 1.38. The molecule has 0 aliphatic carbocycles. The number of nitrogens with two attached hydrogens (primary N) is 1. The molecule has 68 valence electrons. The number of nitrogens with zero attached hydrogens (tertiary/aromatic N) is 2. The van der Waals surface area contributed by atoms with Crippen LogP contribution in [0.25, 0.3) is 10.9 Å². The van der Waals surface area contributed by atoms with Crippen LogP contribution in [0.2, 0.25) is 0 Å². The Labute approximate surface area is 82.0 Å². The average Bonchev–Trinajstić information content (AvgIpc) is 2.18. The number of aromatic nitrogens is 2. The maximum Gasteiger partial charge on any atom is 0.207 e. The van der Waals surface area contributed by atoms with Gasteiger partial charge in [0.25, 0.3) is 0 Å². The number of hydrogen-bond acceptors (Lipinski definition) is 3. The van der Waals surface area contributed by atoms with Gasteiger partial charge < -0.3 is 5.73 Å². The summed E-state index contributed by atoms with van der Waals surface area (Å²) in [5.74, 6) is 6.49. The molecule has 2 aromatic rings. The Bertz CT molecular complexity index is 535. The van der Waals surface area contributed by atoms with Gasteiger partial charge in [-0.1, -0.05) is 18.1 Å². The Morgan fingerprint density at radius 1 is 1.21 bits per heavy atom. The number of hydrogen-bond donors (Lipinski definition) is 1. The zero-order valence-corrected chi connectivity index (χ0v) is 7.78. The molecule has 0 unspecified atom stereocenters. The van der Waals surface area contributed by atoms with Crippen LogP contribution in [0.1, 0.15) is 12.7 Å². The van der Waals surface area contributed by atoms with Gasteiger partial charge in [-0.25, -0.2) is 9.97 Å². The van der Waals surface area contributed by atoms with Gasteiger partial charge in [0, 0.05) is 5.39 Å². The summed E-state index contributed by atoms with van der Waals surface area (Å²) in [6, 6.07) is 7.62. The van der Waals surface area contributed by atoms with E-state index in [2.05, 4.69) is 21.8 Å². The van der Waals surface area contributed by atoms with Crippen LogP contribution < -0.4 is 5.73 Å². The van der Waals surface area contributed by atoms with Crippen molar-refractivity contribution in [3.05, 3.63) is 30.1 Å². The van der Waals surface area contributed by atoms with E-state index in [0.29, 0.717) is 11.6 Å². The van der Waals surface area contributed by atoms with Crippen molar-refractivity contribution in [2.75, 3.05) is 5.73 Å². The minimum absolute atomic E-state index is 0.476. The maximum atomic E-state index is 5.77. The number of nitrogen functional groups attached to an aromatic ring is 1. The molecule has 1 aromatic carbocycles. The van der Waals surface area contributed by atoms with Crippen molar-refractivity contribution in [1.82, 2.24) is 9.97 Å². The predicted octanol–water partition coefficient (Wildman–Crippen LogP) is 1.58. The van der Waals surface area contributed by atoms with Crippen molar-refractivity contribution in [2.24, 2.45) is 0 Å². The van der Waals surface area contributed by atoms with Gasteiger partial charge in [-0.05, 0) is 25.0 Å². The molecule has 0 aliphatic rings. The molecule has 0 spiro atoms. The van der Waals surface area contributed by atoms with Crippen LogP contribution in [0, 0.1) is 11.8 Å². The van der Waals surface area contributed by atoms with Crippen LogP contribution in [-0.4, -0.2) is 9.97 Å². The topological polar surface area (TPSA) is 51.8 Å². The largest absolute Gasteiger partial charge is 0.383 e. The highest BCUT2D eigenvalue weighted by molar-refractivity contribution is 5.88. The minimum atomic E-state index is 0.476. The van der Waals surface area contributed by atoms with Crippen LogP contribution in [0.15, 0.2) is 24.3 Å². The van der Waals surface area contributed by atoms with Crippen molar-refractivity contribution >= 4 is 16.7 Å². The first-order valence-corrected chi connectivity index (χ1v) is 4.26. The third-order valence-electron chi connectivity index (χ3n) is 1.87. The number of benzene rings is 1. The predicted molar refractivity (Wildman–Crippen MR) is 56.5 cm³/mol. The average molecular weight is 183 g/mol. The highest BCUT2D eigenvalue weighted by Crippen LogP contribution is 2.16. The zero-order chi connectivity index (χ0) is 9.97. The Balaban J connectivity index is 2.76. The van der Waals surface area contributed by atoms with Gasteiger partial charge >= 0.3 is 0 Å². The molecule has 0 saturated heterocycles. The van der Waals surface area contributed by atoms with E-state index in [4.69, 9.17) is 5.73 Å². The molecule has 3 heteroatoms. The number of anilines is 1.